The summed E-state index contributed by atoms with van der Waals surface area (Å²) in [6, 6.07) is 2.97. The first-order chi connectivity index (χ1) is 6.18. The van der Waals surface area contributed by atoms with E-state index in [1.165, 1.54) is 6.07 Å². The minimum Gasteiger partial charge on any atom is -0.462 e. The van der Waals surface area contributed by atoms with Crippen LogP contribution >= 0.6 is 0 Å². The minimum absolute atomic E-state index is 0.256. The van der Waals surface area contributed by atoms with E-state index in [1.807, 2.05) is 0 Å². The maximum Gasteiger partial charge on any atom is 0.338 e. The zero-order chi connectivity index (χ0) is 9.42. The molecule has 0 radical (unpaired) electrons. The summed E-state index contributed by atoms with van der Waals surface area (Å²) in [5, 5.41) is 0. The topological polar surface area (TPSA) is 26.3 Å². The Morgan fingerprint density at radius 3 is 3.00 bits per heavy atom. The van der Waals surface area contributed by atoms with Gasteiger partial charge in [-0.2, -0.15) is 0 Å². The molecule has 1 aromatic carbocycles. The van der Waals surface area contributed by atoms with Crippen LogP contribution in [0.4, 0.5) is 4.39 Å². The van der Waals surface area contributed by atoms with Crippen molar-refractivity contribution in [3.05, 3.63) is 34.6 Å². The quantitative estimate of drug-likeness (QED) is 0.569. The van der Waals surface area contributed by atoms with Crippen molar-refractivity contribution < 1.29 is 13.9 Å². The molecule has 0 N–H and O–H groups in total. The summed E-state index contributed by atoms with van der Waals surface area (Å²) >= 11 is 0. The monoisotopic (exact) mass is 180 g/mol. The Balaban J connectivity index is 2.58. The Morgan fingerprint density at radius 2 is 2.23 bits per heavy atom. The predicted octanol–water partition coefficient (Wildman–Crippen LogP) is 1.85. The van der Waals surface area contributed by atoms with Gasteiger partial charge in [0, 0.05) is 6.42 Å². The predicted molar refractivity (Wildman–Crippen MR) is 45.1 cm³/mol. The molecular weight excluding hydrogens is 171 g/mol. The fourth-order valence-corrected chi connectivity index (χ4v) is 1.45. The second-order valence-electron chi connectivity index (χ2n) is 3.14. The van der Waals surface area contributed by atoms with Gasteiger partial charge in [0.15, 0.2) is 0 Å². The molecule has 0 spiro atoms. The minimum atomic E-state index is -0.343. The smallest absolute Gasteiger partial charge is 0.338 e. The van der Waals surface area contributed by atoms with E-state index >= 15 is 0 Å². The van der Waals surface area contributed by atoms with Crippen LogP contribution in [-0.2, 0) is 11.2 Å². The van der Waals surface area contributed by atoms with Crippen molar-refractivity contribution in [1.82, 2.24) is 0 Å². The first kappa shape index (κ1) is 8.23. The van der Waals surface area contributed by atoms with Crippen LogP contribution in [0.25, 0.3) is 0 Å². The van der Waals surface area contributed by atoms with Crippen LogP contribution in [0.15, 0.2) is 12.1 Å². The second-order valence-corrected chi connectivity index (χ2v) is 3.14. The molecule has 1 aliphatic heterocycles. The van der Waals surface area contributed by atoms with E-state index in [0.29, 0.717) is 24.2 Å². The van der Waals surface area contributed by atoms with Crippen molar-refractivity contribution in [3.8, 4) is 0 Å². The normalized spacial score (nSPS) is 15.1. The highest BCUT2D eigenvalue weighted by molar-refractivity contribution is 5.92. The standard InChI is InChI=1S/C10H9FO2/c1-6-4-8-7(5-9(6)11)2-3-13-10(8)12/h4-5H,2-3H2,1H3. The van der Waals surface area contributed by atoms with Crippen molar-refractivity contribution >= 4 is 5.97 Å². The molecule has 0 amide bonds. The van der Waals surface area contributed by atoms with Gasteiger partial charge in [-0.25, -0.2) is 9.18 Å². The van der Waals surface area contributed by atoms with E-state index in [2.05, 4.69) is 0 Å². The van der Waals surface area contributed by atoms with Crippen molar-refractivity contribution in [1.29, 1.82) is 0 Å². The summed E-state index contributed by atoms with van der Waals surface area (Å²) in [4.78, 5) is 11.2. The van der Waals surface area contributed by atoms with Crippen molar-refractivity contribution in [2.75, 3.05) is 6.61 Å². The molecule has 0 aliphatic carbocycles. The van der Waals surface area contributed by atoms with Crippen molar-refractivity contribution in [3.63, 3.8) is 0 Å². The molecule has 2 rings (SSSR count). The molecule has 1 heterocycles. The van der Waals surface area contributed by atoms with Gasteiger partial charge in [-0.1, -0.05) is 0 Å². The van der Waals surface area contributed by atoms with Gasteiger partial charge in [-0.15, -0.1) is 0 Å². The lowest BCUT2D eigenvalue weighted by molar-refractivity contribution is 0.0480. The molecule has 0 aromatic heterocycles. The summed E-state index contributed by atoms with van der Waals surface area (Å²) in [5.74, 6) is -0.599. The lowest BCUT2D eigenvalue weighted by Gasteiger charge is -2.16. The van der Waals surface area contributed by atoms with Gasteiger partial charge in [0.25, 0.3) is 0 Å². The molecular formula is C10H9FO2. The number of fused-ring (bicyclic) bond motifs is 1. The first-order valence-corrected chi connectivity index (χ1v) is 4.14. The summed E-state index contributed by atoms with van der Waals surface area (Å²) in [5.41, 5.74) is 1.74. The summed E-state index contributed by atoms with van der Waals surface area (Å²) in [6.07, 6.45) is 0.609. The van der Waals surface area contributed by atoms with Crippen molar-refractivity contribution in [2.45, 2.75) is 13.3 Å². The number of benzene rings is 1. The largest absolute Gasteiger partial charge is 0.462 e. The van der Waals surface area contributed by atoms with Crippen LogP contribution in [-0.4, -0.2) is 12.6 Å². The zero-order valence-corrected chi connectivity index (χ0v) is 7.26. The van der Waals surface area contributed by atoms with Gasteiger partial charge < -0.3 is 4.74 Å². The molecule has 3 heteroatoms. The van der Waals surface area contributed by atoms with E-state index in [1.54, 1.807) is 13.0 Å². The lowest BCUT2D eigenvalue weighted by atomic mass is 10.00. The van der Waals surface area contributed by atoms with Crippen LogP contribution in [0.5, 0.6) is 0 Å². The molecule has 1 aliphatic rings. The van der Waals surface area contributed by atoms with Gasteiger partial charge in [0.05, 0.1) is 12.2 Å². The number of hydrogen-bond acceptors (Lipinski definition) is 2. The molecule has 0 atom stereocenters. The molecule has 2 nitrogen and oxygen atoms in total. The average molecular weight is 180 g/mol. The highest BCUT2D eigenvalue weighted by Crippen LogP contribution is 2.20. The summed E-state index contributed by atoms with van der Waals surface area (Å²) in [6.45, 7) is 1.99. The van der Waals surface area contributed by atoms with Gasteiger partial charge in [0.1, 0.15) is 5.82 Å². The van der Waals surface area contributed by atoms with Crippen molar-refractivity contribution in [2.24, 2.45) is 0 Å². The molecule has 0 saturated heterocycles. The Morgan fingerprint density at radius 1 is 1.46 bits per heavy atom. The maximum absolute atomic E-state index is 13.1. The number of cyclic esters (lactones) is 1. The highest BCUT2D eigenvalue weighted by atomic mass is 19.1. The maximum atomic E-state index is 13.1. The Hall–Kier alpha value is -1.38. The third-order valence-corrected chi connectivity index (χ3v) is 2.21. The Kier molecular flexibility index (Phi) is 1.79. The molecule has 0 fully saturated rings. The molecule has 0 bridgehead atoms. The first-order valence-electron chi connectivity index (χ1n) is 4.14. The van der Waals surface area contributed by atoms with Crippen LogP contribution in [0.3, 0.4) is 0 Å². The van der Waals surface area contributed by atoms with Crippen LogP contribution in [0, 0.1) is 12.7 Å². The van der Waals surface area contributed by atoms with E-state index in [9.17, 15) is 9.18 Å². The average Bonchev–Trinajstić information content (AvgIpc) is 2.09. The van der Waals surface area contributed by atoms with E-state index in [-0.39, 0.29) is 11.8 Å². The van der Waals surface area contributed by atoms with E-state index in [4.69, 9.17) is 4.74 Å². The summed E-state index contributed by atoms with van der Waals surface area (Å²) < 4.78 is 17.9. The van der Waals surface area contributed by atoms with Crippen LogP contribution in [0.2, 0.25) is 0 Å². The number of esters is 1. The Labute approximate surface area is 75.3 Å². The second kappa shape index (κ2) is 2.83. The SMILES string of the molecule is Cc1cc2c(cc1F)CCOC2=O. The van der Waals surface area contributed by atoms with E-state index in [0.717, 1.165) is 5.56 Å². The number of halogens is 1. The Bertz CT molecular complexity index is 371. The number of aryl methyl sites for hydroxylation is 1. The fraction of sp³-hybridized carbons (Fsp3) is 0.300. The molecule has 0 saturated carbocycles. The summed E-state index contributed by atoms with van der Waals surface area (Å²) in [7, 11) is 0. The molecule has 68 valence electrons. The third-order valence-electron chi connectivity index (χ3n) is 2.21. The number of carbonyl (C=O) groups excluding carboxylic acids is 1. The third kappa shape index (κ3) is 1.30. The van der Waals surface area contributed by atoms with Gasteiger partial charge in [-0.3, -0.25) is 0 Å². The van der Waals surface area contributed by atoms with Gasteiger partial charge >= 0.3 is 5.97 Å². The number of carbonyl (C=O) groups is 1. The molecule has 0 unspecified atom stereocenters. The molecule has 13 heavy (non-hydrogen) atoms. The zero-order valence-electron chi connectivity index (χ0n) is 7.26. The van der Waals surface area contributed by atoms with Crippen LogP contribution in [0.1, 0.15) is 21.5 Å². The number of rotatable bonds is 0. The number of hydrogen-bond donors (Lipinski definition) is 0. The number of ether oxygens (including phenoxy) is 1. The fourth-order valence-electron chi connectivity index (χ4n) is 1.45. The van der Waals surface area contributed by atoms with Gasteiger partial charge in [-0.05, 0) is 30.2 Å². The van der Waals surface area contributed by atoms with Crippen LogP contribution < -0.4 is 0 Å². The molecule has 1 aromatic rings. The highest BCUT2D eigenvalue weighted by Gasteiger charge is 2.19. The van der Waals surface area contributed by atoms with E-state index < -0.39 is 0 Å². The van der Waals surface area contributed by atoms with Gasteiger partial charge in [0.2, 0.25) is 0 Å². The lowest BCUT2D eigenvalue weighted by Crippen LogP contribution is -2.18.